The van der Waals surface area contributed by atoms with E-state index in [0.717, 1.165) is 61.6 Å². The number of anilines is 1. The Bertz CT molecular complexity index is 1530. The van der Waals surface area contributed by atoms with Gasteiger partial charge >= 0.3 is 0 Å². The molecular formula is C39H47FN2O4. The van der Waals surface area contributed by atoms with Crippen LogP contribution in [0, 0.1) is 23.2 Å². The molecule has 3 N–H and O–H groups in total. The summed E-state index contributed by atoms with van der Waals surface area (Å²) in [5, 5.41) is 24.0. The minimum Gasteiger partial charge on any atom is -0.508 e. The van der Waals surface area contributed by atoms with Crippen molar-refractivity contribution in [3.8, 4) is 5.75 Å². The Morgan fingerprint density at radius 1 is 1.00 bits per heavy atom. The number of carbonyl (C=O) groups is 2. The van der Waals surface area contributed by atoms with Crippen molar-refractivity contribution in [3.05, 3.63) is 95.1 Å². The molecule has 3 aromatic rings. The van der Waals surface area contributed by atoms with Gasteiger partial charge in [0.05, 0.1) is 6.10 Å². The molecule has 2 saturated carbocycles. The van der Waals surface area contributed by atoms with Crippen LogP contribution in [0.3, 0.4) is 0 Å². The van der Waals surface area contributed by atoms with Gasteiger partial charge in [0.1, 0.15) is 11.9 Å². The lowest BCUT2D eigenvalue weighted by Crippen LogP contribution is -2.51. The molecule has 0 aliphatic heterocycles. The lowest BCUT2D eigenvalue weighted by atomic mass is 9.51. The van der Waals surface area contributed by atoms with Crippen molar-refractivity contribution in [1.29, 1.82) is 0 Å². The van der Waals surface area contributed by atoms with Crippen LogP contribution in [0.25, 0.3) is 0 Å². The Kier molecular flexibility index (Phi) is 9.51. The molecule has 7 atom stereocenters. The molecule has 244 valence electrons. The molecule has 46 heavy (non-hydrogen) atoms. The number of nitrogens with zero attached hydrogens (tertiary/aromatic N) is 1. The second-order valence-corrected chi connectivity index (χ2v) is 14.2. The van der Waals surface area contributed by atoms with E-state index >= 15 is 4.39 Å². The molecule has 2 amide bonds. The number of rotatable bonds is 10. The number of phenols is 1. The third kappa shape index (κ3) is 6.57. The van der Waals surface area contributed by atoms with Gasteiger partial charge in [0.15, 0.2) is 0 Å². The SMILES string of the molecule is CC(=O)Nc1ccc(C(=O)N(CCCCC[C@@H]2Cc3cc(O)ccc3C3C2C2CC[C@H](O)[C@@]2(C)C[C@@H]3F)Cc2ccccc2)cc1. The number of benzene rings is 3. The predicted molar refractivity (Wildman–Crippen MR) is 178 cm³/mol. The zero-order valence-electron chi connectivity index (χ0n) is 27.0. The van der Waals surface area contributed by atoms with Gasteiger partial charge in [0, 0.05) is 37.2 Å². The Hall–Kier alpha value is -3.71. The van der Waals surface area contributed by atoms with E-state index in [9.17, 15) is 19.8 Å². The van der Waals surface area contributed by atoms with Crippen molar-refractivity contribution in [2.45, 2.75) is 90.0 Å². The second-order valence-electron chi connectivity index (χ2n) is 14.2. The number of aromatic hydroxyl groups is 1. The monoisotopic (exact) mass is 626 g/mol. The molecular weight excluding hydrogens is 579 g/mol. The van der Waals surface area contributed by atoms with E-state index in [4.69, 9.17) is 0 Å². The number of unbranched alkanes of at least 4 members (excludes halogenated alkanes) is 2. The number of nitrogens with one attached hydrogen (secondary N) is 1. The van der Waals surface area contributed by atoms with Gasteiger partial charge in [-0.1, -0.05) is 56.2 Å². The molecule has 0 bridgehead atoms. The fraction of sp³-hybridized carbons (Fsp3) is 0.487. The number of carbonyl (C=O) groups excluding carboxylic acids is 2. The minimum absolute atomic E-state index is 0.0416. The van der Waals surface area contributed by atoms with Gasteiger partial charge in [-0.25, -0.2) is 4.39 Å². The summed E-state index contributed by atoms with van der Waals surface area (Å²) in [5.41, 5.74) is 4.05. The first-order valence-electron chi connectivity index (χ1n) is 17.0. The topological polar surface area (TPSA) is 89.9 Å². The van der Waals surface area contributed by atoms with Crippen LogP contribution in [0.1, 0.15) is 91.8 Å². The first-order valence-corrected chi connectivity index (χ1v) is 17.0. The zero-order valence-corrected chi connectivity index (χ0v) is 27.0. The summed E-state index contributed by atoms with van der Waals surface area (Å²) in [5.74, 6) is 0.613. The Balaban J connectivity index is 1.13. The highest BCUT2D eigenvalue weighted by Gasteiger charge is 2.59. The molecule has 6 rings (SSSR count). The quantitative estimate of drug-likeness (QED) is 0.202. The fourth-order valence-electron chi connectivity index (χ4n) is 9.06. The van der Waals surface area contributed by atoms with Gasteiger partial charge in [-0.05, 0) is 115 Å². The van der Waals surface area contributed by atoms with Crippen LogP contribution in [0.2, 0.25) is 0 Å². The smallest absolute Gasteiger partial charge is 0.254 e. The second kappa shape index (κ2) is 13.6. The maximum Gasteiger partial charge on any atom is 0.254 e. The first kappa shape index (κ1) is 32.2. The van der Waals surface area contributed by atoms with Crippen LogP contribution in [-0.2, 0) is 17.8 Å². The first-order chi connectivity index (χ1) is 22.1. The van der Waals surface area contributed by atoms with E-state index in [-0.39, 0.29) is 40.7 Å². The molecule has 0 heterocycles. The maximum absolute atomic E-state index is 16.1. The zero-order chi connectivity index (χ0) is 32.4. The Morgan fingerprint density at radius 3 is 2.50 bits per heavy atom. The van der Waals surface area contributed by atoms with Gasteiger partial charge < -0.3 is 20.4 Å². The van der Waals surface area contributed by atoms with Gasteiger partial charge in [0.2, 0.25) is 5.91 Å². The van der Waals surface area contributed by atoms with Crippen molar-refractivity contribution >= 4 is 17.5 Å². The average molecular weight is 627 g/mol. The lowest BCUT2D eigenvalue weighted by Gasteiger charge is -2.54. The number of halogens is 1. The van der Waals surface area contributed by atoms with Crippen LogP contribution in [-0.4, -0.2) is 45.7 Å². The standard InChI is InChI=1S/C39H47FN2O4/c1-25(43)41-30-14-12-27(13-15-30)38(46)42(24-26-9-5-3-6-10-26)20-8-4-7-11-28-21-29-22-31(44)16-17-32(29)37-34(40)23-39(2)33(36(28)37)18-19-35(39)45/h3,5-6,9-10,12-17,22,28,33-37,44-45H,4,7-8,11,18-21,23-24H2,1-2H3,(H,41,43)/t28-,33?,34+,35+,36?,37?,39+/m1/s1. The minimum atomic E-state index is -1.00. The molecule has 0 spiro atoms. The Labute approximate surface area is 272 Å². The van der Waals surface area contributed by atoms with Gasteiger partial charge in [-0.3, -0.25) is 9.59 Å². The highest BCUT2D eigenvalue weighted by atomic mass is 19.1. The van der Waals surface area contributed by atoms with E-state index < -0.39 is 12.3 Å². The molecule has 2 fully saturated rings. The predicted octanol–water partition coefficient (Wildman–Crippen LogP) is 7.64. The summed E-state index contributed by atoms with van der Waals surface area (Å²) in [4.78, 5) is 27.0. The van der Waals surface area contributed by atoms with Gasteiger partial charge in [-0.2, -0.15) is 0 Å². The van der Waals surface area contributed by atoms with E-state index in [0.29, 0.717) is 36.7 Å². The molecule has 6 nitrogen and oxygen atoms in total. The highest BCUT2D eigenvalue weighted by molar-refractivity contribution is 5.95. The van der Waals surface area contributed by atoms with Crippen molar-refractivity contribution in [2.75, 3.05) is 11.9 Å². The highest BCUT2D eigenvalue weighted by Crippen LogP contribution is 2.63. The number of aliphatic hydroxyl groups excluding tert-OH is 1. The van der Waals surface area contributed by atoms with Crippen LogP contribution in [0.5, 0.6) is 5.75 Å². The number of phenolic OH excluding ortho intramolecular Hbond substituents is 1. The third-order valence-electron chi connectivity index (χ3n) is 11.2. The van der Waals surface area contributed by atoms with Crippen molar-refractivity contribution in [2.24, 2.45) is 23.2 Å². The molecule has 0 saturated heterocycles. The third-order valence-corrected chi connectivity index (χ3v) is 11.2. The molecule has 3 aliphatic rings. The molecule has 0 radical (unpaired) electrons. The van der Waals surface area contributed by atoms with Crippen LogP contribution >= 0.6 is 0 Å². The number of hydrogen-bond donors (Lipinski definition) is 3. The van der Waals surface area contributed by atoms with Crippen LogP contribution in [0.15, 0.2) is 72.8 Å². The number of aliphatic hydroxyl groups is 1. The van der Waals surface area contributed by atoms with E-state index in [1.54, 1.807) is 30.3 Å². The summed E-state index contributed by atoms with van der Waals surface area (Å²) >= 11 is 0. The average Bonchev–Trinajstić information content (AvgIpc) is 3.33. The van der Waals surface area contributed by atoms with E-state index in [1.807, 2.05) is 47.4 Å². The van der Waals surface area contributed by atoms with Gasteiger partial charge in [-0.15, -0.1) is 0 Å². The largest absolute Gasteiger partial charge is 0.508 e. The lowest BCUT2D eigenvalue weighted by molar-refractivity contribution is -0.114. The molecule has 0 aromatic heterocycles. The molecule has 3 aliphatic carbocycles. The van der Waals surface area contributed by atoms with Crippen molar-refractivity contribution < 1.29 is 24.2 Å². The molecule has 3 aromatic carbocycles. The van der Waals surface area contributed by atoms with Crippen LogP contribution < -0.4 is 5.32 Å². The van der Waals surface area contributed by atoms with E-state index in [1.165, 1.54) is 6.92 Å². The number of alkyl halides is 1. The Morgan fingerprint density at radius 2 is 1.76 bits per heavy atom. The van der Waals surface area contributed by atoms with E-state index in [2.05, 4.69) is 12.2 Å². The summed E-state index contributed by atoms with van der Waals surface area (Å²) < 4.78 is 16.1. The molecule has 7 heteroatoms. The van der Waals surface area contributed by atoms with Crippen LogP contribution in [0.4, 0.5) is 10.1 Å². The number of hydrogen-bond acceptors (Lipinski definition) is 4. The van der Waals surface area contributed by atoms with Gasteiger partial charge in [0.25, 0.3) is 5.91 Å². The fourth-order valence-corrected chi connectivity index (χ4v) is 9.06. The van der Waals surface area contributed by atoms with Crippen molar-refractivity contribution in [3.63, 3.8) is 0 Å². The summed E-state index contributed by atoms with van der Waals surface area (Å²) in [7, 11) is 0. The normalized spacial score (nSPS) is 28.1. The number of amides is 2. The maximum atomic E-state index is 16.1. The molecule has 3 unspecified atom stereocenters. The summed E-state index contributed by atoms with van der Waals surface area (Å²) in [6.07, 6.45) is 5.19. The van der Waals surface area contributed by atoms with Crippen molar-refractivity contribution in [1.82, 2.24) is 4.90 Å². The number of fused-ring (bicyclic) bond motifs is 5. The summed E-state index contributed by atoms with van der Waals surface area (Å²) in [6.45, 7) is 4.70. The summed E-state index contributed by atoms with van der Waals surface area (Å²) in [6, 6.07) is 22.5.